The summed E-state index contributed by atoms with van der Waals surface area (Å²) in [5, 5.41) is 0.480. The average molecular weight is 402 g/mol. The number of rotatable bonds is 9. The van der Waals surface area contributed by atoms with Gasteiger partial charge in [-0.05, 0) is 32.0 Å². The molecule has 0 aliphatic heterocycles. The topological polar surface area (TPSA) is 115 Å². The van der Waals surface area contributed by atoms with Gasteiger partial charge in [-0.2, -0.15) is 0 Å². The number of aromatic nitrogens is 2. The van der Waals surface area contributed by atoms with Gasteiger partial charge in [-0.1, -0.05) is 30.0 Å². The number of thioether (sulfide) groups is 1. The fourth-order valence-corrected chi connectivity index (χ4v) is 3.12. The molecule has 0 saturated heterocycles. The van der Waals surface area contributed by atoms with Crippen LogP contribution >= 0.6 is 11.8 Å². The highest BCUT2D eigenvalue weighted by atomic mass is 32.2. The molecule has 0 aliphatic rings. The van der Waals surface area contributed by atoms with Gasteiger partial charge in [0.2, 0.25) is 5.91 Å². The molecular formula is C19H22N4O4S. The van der Waals surface area contributed by atoms with Crippen LogP contribution in [0.5, 0.6) is 0 Å². The summed E-state index contributed by atoms with van der Waals surface area (Å²) in [4.78, 5) is 45.4. The molecule has 1 heterocycles. The van der Waals surface area contributed by atoms with Gasteiger partial charge in [0.05, 0.1) is 5.75 Å². The van der Waals surface area contributed by atoms with Crippen LogP contribution in [0.2, 0.25) is 0 Å². The van der Waals surface area contributed by atoms with Crippen molar-refractivity contribution in [1.82, 2.24) is 9.97 Å². The van der Waals surface area contributed by atoms with Gasteiger partial charge < -0.3 is 15.4 Å². The smallest absolute Gasteiger partial charge is 0.316 e. The van der Waals surface area contributed by atoms with E-state index in [1.54, 1.807) is 24.3 Å². The summed E-state index contributed by atoms with van der Waals surface area (Å²) in [5.41, 5.74) is 7.40. The van der Waals surface area contributed by atoms with E-state index in [0.717, 1.165) is 23.1 Å². The van der Waals surface area contributed by atoms with Gasteiger partial charge in [0.25, 0.3) is 5.91 Å². The predicted octanol–water partition coefficient (Wildman–Crippen LogP) is 1.64. The number of nitrogens with two attached hydrogens (primary N) is 1. The van der Waals surface area contributed by atoms with Crippen LogP contribution in [0.25, 0.3) is 0 Å². The SMILES string of the molecule is Cc1cc(C)nc(SCC(=O)OCC(=O)N(CCC(N)=O)c2ccccc2)n1. The number of primary amides is 1. The molecule has 28 heavy (non-hydrogen) atoms. The molecule has 2 amide bonds. The predicted molar refractivity (Wildman–Crippen MR) is 106 cm³/mol. The number of carbonyl (C=O) groups excluding carboxylic acids is 3. The van der Waals surface area contributed by atoms with Crippen molar-refractivity contribution in [3.05, 3.63) is 47.8 Å². The minimum absolute atomic E-state index is 0.00841. The Morgan fingerprint density at radius 2 is 1.75 bits per heavy atom. The lowest BCUT2D eigenvalue weighted by Crippen LogP contribution is -2.37. The maximum Gasteiger partial charge on any atom is 0.316 e. The molecule has 0 atom stereocenters. The first-order chi connectivity index (χ1) is 13.3. The third-order valence-electron chi connectivity index (χ3n) is 3.59. The summed E-state index contributed by atoms with van der Waals surface area (Å²) >= 11 is 1.14. The van der Waals surface area contributed by atoms with E-state index in [-0.39, 0.29) is 18.7 Å². The van der Waals surface area contributed by atoms with Gasteiger partial charge in [0.15, 0.2) is 11.8 Å². The van der Waals surface area contributed by atoms with Crippen molar-refractivity contribution in [1.29, 1.82) is 0 Å². The summed E-state index contributed by atoms with van der Waals surface area (Å²) in [5.74, 6) is -1.52. The minimum Gasteiger partial charge on any atom is -0.455 e. The Kier molecular flexibility index (Phi) is 7.94. The molecule has 1 aromatic carbocycles. The molecule has 9 heteroatoms. The quantitative estimate of drug-likeness (QED) is 0.385. The number of aryl methyl sites for hydroxylation is 2. The molecular weight excluding hydrogens is 380 g/mol. The summed E-state index contributed by atoms with van der Waals surface area (Å²) in [7, 11) is 0. The molecule has 0 bridgehead atoms. The van der Waals surface area contributed by atoms with E-state index in [2.05, 4.69) is 9.97 Å². The van der Waals surface area contributed by atoms with E-state index in [0.29, 0.717) is 10.8 Å². The average Bonchev–Trinajstić information content (AvgIpc) is 2.64. The number of nitrogens with zero attached hydrogens (tertiary/aromatic N) is 3. The van der Waals surface area contributed by atoms with Crippen LogP contribution in [-0.4, -0.2) is 46.7 Å². The summed E-state index contributed by atoms with van der Waals surface area (Å²) in [6, 6.07) is 10.7. The maximum atomic E-state index is 12.5. The molecule has 2 N–H and O–H groups in total. The second kappa shape index (κ2) is 10.4. The van der Waals surface area contributed by atoms with E-state index >= 15 is 0 Å². The molecule has 0 radical (unpaired) electrons. The van der Waals surface area contributed by atoms with Gasteiger partial charge in [0.1, 0.15) is 0 Å². The first kappa shape index (κ1) is 21.4. The number of ether oxygens (including phenoxy) is 1. The van der Waals surface area contributed by atoms with Crippen molar-refractivity contribution >= 4 is 35.2 Å². The van der Waals surface area contributed by atoms with Gasteiger partial charge in [-0.25, -0.2) is 9.97 Å². The molecule has 2 aromatic rings. The summed E-state index contributed by atoms with van der Waals surface area (Å²) in [6.45, 7) is 3.38. The zero-order valence-corrected chi connectivity index (χ0v) is 16.6. The van der Waals surface area contributed by atoms with E-state index < -0.39 is 24.4 Å². The monoisotopic (exact) mass is 402 g/mol. The van der Waals surface area contributed by atoms with Crippen molar-refractivity contribution in [3.63, 3.8) is 0 Å². The summed E-state index contributed by atoms with van der Waals surface area (Å²) in [6.07, 6.45) is 0.00841. The summed E-state index contributed by atoms with van der Waals surface area (Å²) < 4.78 is 5.07. The number of para-hydroxylation sites is 1. The van der Waals surface area contributed by atoms with Gasteiger partial charge >= 0.3 is 5.97 Å². The Hall–Kier alpha value is -2.94. The van der Waals surface area contributed by atoms with Crippen LogP contribution in [0.15, 0.2) is 41.6 Å². The number of anilines is 1. The number of amides is 2. The molecule has 148 valence electrons. The van der Waals surface area contributed by atoms with Crippen LogP contribution in [0, 0.1) is 13.8 Å². The molecule has 2 rings (SSSR count). The largest absolute Gasteiger partial charge is 0.455 e. The standard InChI is InChI=1S/C19H22N4O4S/c1-13-10-14(2)22-19(21-13)28-12-18(26)27-11-17(25)23(9-8-16(20)24)15-6-4-3-5-7-15/h3-7,10H,8-9,11-12H2,1-2H3,(H2,20,24). The van der Waals surface area contributed by atoms with E-state index in [1.807, 2.05) is 26.0 Å². The molecule has 0 fully saturated rings. The lowest BCUT2D eigenvalue weighted by atomic mass is 10.2. The molecule has 0 spiro atoms. The van der Waals surface area contributed by atoms with Crippen LogP contribution in [-0.2, 0) is 19.1 Å². The minimum atomic E-state index is -0.552. The van der Waals surface area contributed by atoms with E-state index in [4.69, 9.17) is 10.5 Å². The number of esters is 1. The second-order valence-corrected chi connectivity index (χ2v) is 6.92. The Bertz CT molecular complexity index is 825. The van der Waals surface area contributed by atoms with Crippen LogP contribution < -0.4 is 10.6 Å². The first-order valence-corrected chi connectivity index (χ1v) is 9.58. The Balaban J connectivity index is 1.90. The van der Waals surface area contributed by atoms with E-state index in [9.17, 15) is 14.4 Å². The van der Waals surface area contributed by atoms with Crippen molar-refractivity contribution in [2.45, 2.75) is 25.4 Å². The number of carbonyl (C=O) groups is 3. The zero-order valence-electron chi connectivity index (χ0n) is 15.8. The van der Waals surface area contributed by atoms with E-state index in [1.165, 1.54) is 4.90 Å². The van der Waals surface area contributed by atoms with Crippen LogP contribution in [0.1, 0.15) is 17.8 Å². The Labute approximate surface area is 167 Å². The van der Waals surface area contributed by atoms with Gasteiger partial charge in [-0.15, -0.1) is 0 Å². The lowest BCUT2D eigenvalue weighted by molar-refractivity contribution is -0.145. The Morgan fingerprint density at radius 1 is 1.11 bits per heavy atom. The van der Waals surface area contributed by atoms with Crippen molar-refractivity contribution in [2.24, 2.45) is 5.73 Å². The fraction of sp³-hybridized carbons (Fsp3) is 0.316. The molecule has 0 unspecified atom stereocenters. The molecule has 0 aliphatic carbocycles. The maximum absolute atomic E-state index is 12.5. The number of hydrogen-bond donors (Lipinski definition) is 1. The second-order valence-electron chi connectivity index (χ2n) is 5.98. The van der Waals surface area contributed by atoms with Crippen molar-refractivity contribution in [3.8, 4) is 0 Å². The first-order valence-electron chi connectivity index (χ1n) is 8.59. The third kappa shape index (κ3) is 6.99. The lowest BCUT2D eigenvalue weighted by Gasteiger charge is -2.22. The fourth-order valence-electron chi connectivity index (χ4n) is 2.37. The number of hydrogen-bond acceptors (Lipinski definition) is 7. The molecule has 1 aromatic heterocycles. The highest BCUT2D eigenvalue weighted by molar-refractivity contribution is 7.99. The molecule has 0 saturated carbocycles. The van der Waals surface area contributed by atoms with Crippen LogP contribution in [0.4, 0.5) is 5.69 Å². The number of benzene rings is 1. The van der Waals surface area contributed by atoms with Crippen molar-refractivity contribution < 1.29 is 19.1 Å². The van der Waals surface area contributed by atoms with Gasteiger partial charge in [0, 0.05) is 30.0 Å². The van der Waals surface area contributed by atoms with Crippen molar-refractivity contribution in [2.75, 3.05) is 23.8 Å². The zero-order chi connectivity index (χ0) is 20.5. The Morgan fingerprint density at radius 3 is 2.36 bits per heavy atom. The van der Waals surface area contributed by atoms with Crippen LogP contribution in [0.3, 0.4) is 0 Å². The highest BCUT2D eigenvalue weighted by Gasteiger charge is 2.18. The third-order valence-corrected chi connectivity index (χ3v) is 4.41. The highest BCUT2D eigenvalue weighted by Crippen LogP contribution is 2.16. The molecule has 8 nitrogen and oxygen atoms in total. The normalized spacial score (nSPS) is 10.4. The van der Waals surface area contributed by atoms with Gasteiger partial charge in [-0.3, -0.25) is 14.4 Å².